The second kappa shape index (κ2) is 11.0. The first-order chi connectivity index (χ1) is 19.4. The Kier molecular flexibility index (Phi) is 7.31. The summed E-state index contributed by atoms with van der Waals surface area (Å²) in [6.07, 6.45) is 13.6. The lowest BCUT2D eigenvalue weighted by Crippen LogP contribution is -2.31. The van der Waals surface area contributed by atoms with Gasteiger partial charge in [-0.25, -0.2) is 19.7 Å². The number of thiazole rings is 1. The van der Waals surface area contributed by atoms with Crippen molar-refractivity contribution in [2.75, 3.05) is 10.6 Å². The van der Waals surface area contributed by atoms with Crippen LogP contribution < -0.4 is 16.4 Å². The van der Waals surface area contributed by atoms with E-state index in [1.807, 2.05) is 6.92 Å². The van der Waals surface area contributed by atoms with E-state index in [0.717, 1.165) is 48.4 Å². The van der Waals surface area contributed by atoms with E-state index in [4.69, 9.17) is 25.9 Å². The van der Waals surface area contributed by atoms with Gasteiger partial charge in [0.15, 0.2) is 11.5 Å². The number of terminal acetylenes is 1. The zero-order valence-electron chi connectivity index (χ0n) is 23.1. The topological polar surface area (TPSA) is 139 Å². The quantitative estimate of drug-likeness (QED) is 0.237. The number of hydrogen-bond donors (Lipinski definition) is 3. The van der Waals surface area contributed by atoms with Crippen molar-refractivity contribution in [2.45, 2.75) is 84.3 Å². The molecule has 3 N–H and O–H groups in total. The van der Waals surface area contributed by atoms with Gasteiger partial charge in [-0.15, -0.1) is 23.7 Å². The summed E-state index contributed by atoms with van der Waals surface area (Å²) < 4.78 is 6.97. The highest BCUT2D eigenvalue weighted by atomic mass is 32.1. The molecule has 2 saturated carbocycles. The zero-order valence-corrected chi connectivity index (χ0v) is 23.9. The van der Waals surface area contributed by atoms with Gasteiger partial charge in [-0.05, 0) is 71.1 Å². The fourth-order valence-corrected chi connectivity index (χ4v) is 6.45. The molecule has 6 rings (SSSR count). The summed E-state index contributed by atoms with van der Waals surface area (Å²) in [4.78, 5) is 33.5. The van der Waals surface area contributed by atoms with Crippen LogP contribution in [0.15, 0.2) is 14.7 Å². The largest absolute Gasteiger partial charge is 0.439 e. The summed E-state index contributed by atoms with van der Waals surface area (Å²) in [6, 6.07) is 0.168. The maximum atomic E-state index is 11.7. The van der Waals surface area contributed by atoms with E-state index in [-0.39, 0.29) is 23.7 Å². The summed E-state index contributed by atoms with van der Waals surface area (Å²) in [5, 5.41) is 14.2. The molecule has 0 spiro atoms. The molecule has 0 aromatic carbocycles. The van der Waals surface area contributed by atoms with Crippen LogP contribution in [0, 0.1) is 37.0 Å². The first kappa shape index (κ1) is 26.5. The number of fused-ring (bicyclic) bond motifs is 1. The van der Waals surface area contributed by atoms with Crippen LogP contribution in [0.25, 0.3) is 22.8 Å². The van der Waals surface area contributed by atoms with Gasteiger partial charge in [0, 0.05) is 23.9 Å². The zero-order chi connectivity index (χ0) is 27.8. The molecule has 0 bridgehead atoms. The molecule has 1 unspecified atom stereocenters. The second-order valence-corrected chi connectivity index (χ2v) is 12.3. The molecule has 4 aromatic heterocycles. The van der Waals surface area contributed by atoms with Gasteiger partial charge in [0.2, 0.25) is 17.6 Å². The molecule has 2 aliphatic rings. The minimum atomic E-state index is -0.654. The van der Waals surface area contributed by atoms with Crippen LogP contribution in [0.2, 0.25) is 0 Å². The summed E-state index contributed by atoms with van der Waals surface area (Å²) in [6.45, 7) is 7.07. The Morgan fingerprint density at radius 1 is 1.15 bits per heavy atom. The van der Waals surface area contributed by atoms with Crippen molar-refractivity contribution in [3.8, 4) is 24.0 Å². The van der Waals surface area contributed by atoms with Crippen molar-refractivity contribution in [1.82, 2.24) is 34.6 Å². The molecular formula is C28H35N9O2S. The van der Waals surface area contributed by atoms with Gasteiger partial charge < -0.3 is 15.2 Å². The van der Waals surface area contributed by atoms with E-state index in [1.165, 1.54) is 19.3 Å². The van der Waals surface area contributed by atoms with E-state index in [0.29, 0.717) is 35.2 Å². The first-order valence-electron chi connectivity index (χ1n) is 14.1. The van der Waals surface area contributed by atoms with Crippen LogP contribution in [0.1, 0.15) is 75.5 Å². The Morgan fingerprint density at radius 3 is 2.58 bits per heavy atom. The van der Waals surface area contributed by atoms with E-state index in [2.05, 4.69) is 55.5 Å². The maximum Gasteiger partial charge on any atom is 0.439 e. The number of H-pyrrole nitrogens is 1. The number of aromatic amines is 1. The van der Waals surface area contributed by atoms with Gasteiger partial charge in [-0.1, -0.05) is 11.6 Å². The third-order valence-corrected chi connectivity index (χ3v) is 9.22. The molecule has 0 radical (unpaired) electrons. The minimum absolute atomic E-state index is 0.0534. The molecule has 2 atom stereocenters. The molecule has 0 saturated heterocycles. The van der Waals surface area contributed by atoms with Gasteiger partial charge in [-0.2, -0.15) is 4.98 Å². The Labute approximate surface area is 236 Å². The third-order valence-electron chi connectivity index (χ3n) is 8.43. The Hall–Kier alpha value is -3.72. The number of hydrogen-bond acceptors (Lipinski definition) is 10. The monoisotopic (exact) mass is 561 g/mol. The summed E-state index contributed by atoms with van der Waals surface area (Å²) in [5.41, 5.74) is 2.34. The van der Waals surface area contributed by atoms with Crippen LogP contribution in [-0.4, -0.2) is 40.7 Å². The summed E-state index contributed by atoms with van der Waals surface area (Å²) >= 11 is 1.63. The molecule has 2 aliphatic carbocycles. The average Bonchev–Trinajstić information content (AvgIpc) is 3.62. The lowest BCUT2D eigenvalue weighted by Gasteiger charge is -2.32. The summed E-state index contributed by atoms with van der Waals surface area (Å²) in [5.74, 6) is 5.52. The van der Waals surface area contributed by atoms with E-state index in [9.17, 15) is 4.79 Å². The Morgan fingerprint density at radius 2 is 1.95 bits per heavy atom. The van der Waals surface area contributed by atoms with Gasteiger partial charge in [0.25, 0.3) is 0 Å². The molecule has 40 heavy (non-hydrogen) atoms. The van der Waals surface area contributed by atoms with Gasteiger partial charge in [-0.3, -0.25) is 9.51 Å². The van der Waals surface area contributed by atoms with Gasteiger partial charge >= 0.3 is 5.76 Å². The first-order valence-corrected chi connectivity index (χ1v) is 15.0. The molecule has 2 fully saturated rings. The Bertz CT molecular complexity index is 1580. The number of imidazole rings is 1. The molecule has 12 heteroatoms. The highest BCUT2D eigenvalue weighted by Gasteiger charge is 2.29. The van der Waals surface area contributed by atoms with Crippen LogP contribution in [0.3, 0.4) is 0 Å². The van der Waals surface area contributed by atoms with Crippen molar-refractivity contribution >= 4 is 34.3 Å². The molecule has 0 aliphatic heterocycles. The predicted octanol–water partition coefficient (Wildman–Crippen LogP) is 5.15. The van der Waals surface area contributed by atoms with Gasteiger partial charge in [0.05, 0.1) is 16.7 Å². The van der Waals surface area contributed by atoms with Gasteiger partial charge in [0.1, 0.15) is 5.52 Å². The molecule has 4 heterocycles. The normalized spacial score (nSPS) is 21.1. The molecule has 210 valence electrons. The van der Waals surface area contributed by atoms with Crippen LogP contribution in [-0.2, 0) is 6.54 Å². The lowest BCUT2D eigenvalue weighted by atomic mass is 9.80. The predicted molar refractivity (Wildman–Crippen MR) is 155 cm³/mol. The van der Waals surface area contributed by atoms with Crippen molar-refractivity contribution < 1.29 is 4.52 Å². The number of aromatic nitrogens is 7. The maximum absolute atomic E-state index is 11.7. The highest BCUT2D eigenvalue weighted by Crippen LogP contribution is 2.36. The molecule has 4 aromatic rings. The SMILES string of the molecule is C#CC1CCC(Cn2c(NC(C)c3csc(C)n3)nc3nc(-c4noc(=O)[nH]4)nc(N[C@H](C)C4CCC4)c32)CC1. The van der Waals surface area contributed by atoms with Crippen LogP contribution in [0.5, 0.6) is 0 Å². The van der Waals surface area contributed by atoms with Crippen LogP contribution in [0.4, 0.5) is 11.8 Å². The average molecular weight is 562 g/mol. The third kappa shape index (κ3) is 5.35. The van der Waals surface area contributed by atoms with E-state index < -0.39 is 5.76 Å². The lowest BCUT2D eigenvalue weighted by molar-refractivity contribution is 0.284. The van der Waals surface area contributed by atoms with Crippen molar-refractivity contribution in [1.29, 1.82) is 0 Å². The molecule has 11 nitrogen and oxygen atoms in total. The number of aryl methyl sites for hydroxylation is 1. The van der Waals surface area contributed by atoms with Crippen molar-refractivity contribution in [2.24, 2.45) is 17.8 Å². The summed E-state index contributed by atoms with van der Waals surface area (Å²) in [7, 11) is 0. The standard InChI is InChI=1S/C28H35N9O2S/c1-5-18-9-11-19(12-10-18)13-37-22-23(29-15(2)20-7-6-8-20)32-25(26-35-28(38)39-36-26)33-24(22)34-27(37)30-16(3)21-14-40-17(4)31-21/h1,14-16,18-20H,6-13H2,2-4H3,(H,35,36,38)(H2,29,30,32,33,34)/t15-,16?,18?,19?/m1/s1. The van der Waals surface area contributed by atoms with Crippen molar-refractivity contribution in [3.05, 3.63) is 26.6 Å². The van der Waals surface area contributed by atoms with Crippen LogP contribution >= 0.6 is 11.3 Å². The molecule has 0 amide bonds. The fourth-order valence-electron chi connectivity index (χ4n) is 5.75. The fraction of sp³-hybridized carbons (Fsp3) is 0.571. The van der Waals surface area contributed by atoms with E-state index >= 15 is 0 Å². The number of nitrogens with one attached hydrogen (secondary N) is 3. The van der Waals surface area contributed by atoms with E-state index in [1.54, 1.807) is 11.3 Å². The Balaban J connectivity index is 1.44. The number of anilines is 2. The minimum Gasteiger partial charge on any atom is -0.365 e. The van der Waals surface area contributed by atoms with Crippen molar-refractivity contribution in [3.63, 3.8) is 0 Å². The second-order valence-electron chi connectivity index (χ2n) is 11.2. The highest BCUT2D eigenvalue weighted by molar-refractivity contribution is 7.09. The smallest absolute Gasteiger partial charge is 0.365 e. The number of nitrogens with zero attached hydrogens (tertiary/aromatic N) is 6. The molecular weight excluding hydrogens is 526 g/mol. The number of rotatable bonds is 9.